The highest BCUT2D eigenvalue weighted by Crippen LogP contribution is 2.30. The van der Waals surface area contributed by atoms with Crippen molar-refractivity contribution in [2.75, 3.05) is 12.4 Å². The molecule has 0 aromatic heterocycles. The van der Waals surface area contributed by atoms with E-state index in [-0.39, 0.29) is 23.8 Å². The van der Waals surface area contributed by atoms with Gasteiger partial charge in [0.2, 0.25) is 11.8 Å². The molecule has 1 aliphatic heterocycles. The first kappa shape index (κ1) is 12.8. The number of amides is 2. The molecular formula is C11H11N3O5. The van der Waals surface area contributed by atoms with E-state index in [0.29, 0.717) is 5.69 Å². The molecule has 19 heavy (non-hydrogen) atoms. The number of ether oxygens (including phenoxy) is 1. The summed E-state index contributed by atoms with van der Waals surface area (Å²) in [5, 5.41) is 15.6. The molecule has 100 valence electrons. The number of benzene rings is 1. The van der Waals surface area contributed by atoms with Crippen LogP contribution in [0.25, 0.3) is 0 Å². The number of carbonyl (C=O) groups excluding carboxylic acids is 2. The first-order valence-electron chi connectivity index (χ1n) is 5.44. The van der Waals surface area contributed by atoms with E-state index in [2.05, 4.69) is 10.6 Å². The van der Waals surface area contributed by atoms with Crippen LogP contribution < -0.4 is 15.4 Å². The van der Waals surface area contributed by atoms with Crippen LogP contribution in [0.1, 0.15) is 6.42 Å². The van der Waals surface area contributed by atoms with Crippen molar-refractivity contribution in [2.45, 2.75) is 12.5 Å². The Morgan fingerprint density at radius 1 is 1.47 bits per heavy atom. The van der Waals surface area contributed by atoms with Gasteiger partial charge in [0.05, 0.1) is 30.2 Å². The second-order valence-electron chi connectivity index (χ2n) is 3.96. The van der Waals surface area contributed by atoms with E-state index >= 15 is 0 Å². The summed E-state index contributed by atoms with van der Waals surface area (Å²) in [5.74, 6) is -0.546. The Morgan fingerprint density at radius 2 is 2.21 bits per heavy atom. The lowest BCUT2D eigenvalue weighted by atomic mass is 10.2. The molecule has 8 heteroatoms. The van der Waals surface area contributed by atoms with Gasteiger partial charge in [-0.1, -0.05) is 0 Å². The van der Waals surface area contributed by atoms with E-state index in [1.165, 1.54) is 25.3 Å². The van der Waals surface area contributed by atoms with Crippen LogP contribution in [0.4, 0.5) is 11.4 Å². The predicted molar refractivity (Wildman–Crippen MR) is 64.8 cm³/mol. The number of methoxy groups -OCH3 is 1. The zero-order valence-electron chi connectivity index (χ0n) is 10.0. The molecule has 1 unspecified atom stereocenters. The number of nitrogens with zero attached hydrogens (tertiary/aromatic N) is 1. The number of rotatable bonds is 4. The van der Waals surface area contributed by atoms with E-state index < -0.39 is 16.9 Å². The van der Waals surface area contributed by atoms with E-state index in [0.717, 1.165) is 0 Å². The maximum atomic E-state index is 11.4. The van der Waals surface area contributed by atoms with Crippen molar-refractivity contribution in [1.82, 2.24) is 5.32 Å². The first-order chi connectivity index (χ1) is 9.01. The molecule has 0 aliphatic carbocycles. The van der Waals surface area contributed by atoms with Gasteiger partial charge in [-0.3, -0.25) is 25.0 Å². The van der Waals surface area contributed by atoms with Crippen LogP contribution in [0, 0.1) is 10.1 Å². The maximum absolute atomic E-state index is 11.4. The minimum Gasteiger partial charge on any atom is -0.494 e. The molecule has 1 aromatic carbocycles. The van der Waals surface area contributed by atoms with Crippen molar-refractivity contribution in [1.29, 1.82) is 0 Å². The molecule has 2 amide bonds. The molecule has 0 radical (unpaired) electrons. The second kappa shape index (κ2) is 4.92. The van der Waals surface area contributed by atoms with Gasteiger partial charge >= 0.3 is 0 Å². The quantitative estimate of drug-likeness (QED) is 0.464. The summed E-state index contributed by atoms with van der Waals surface area (Å²) in [7, 11) is 1.37. The van der Waals surface area contributed by atoms with Crippen LogP contribution in [0.2, 0.25) is 0 Å². The van der Waals surface area contributed by atoms with Gasteiger partial charge in [-0.15, -0.1) is 0 Å². The van der Waals surface area contributed by atoms with Crippen molar-refractivity contribution >= 4 is 23.2 Å². The van der Waals surface area contributed by atoms with E-state index in [9.17, 15) is 19.7 Å². The minimum atomic E-state index is -0.692. The molecule has 1 saturated heterocycles. The summed E-state index contributed by atoms with van der Waals surface area (Å²) in [4.78, 5) is 32.6. The lowest BCUT2D eigenvalue weighted by molar-refractivity contribution is -0.384. The van der Waals surface area contributed by atoms with Gasteiger partial charge in [-0.2, -0.15) is 0 Å². The molecule has 1 aromatic rings. The Kier molecular flexibility index (Phi) is 3.32. The highest BCUT2D eigenvalue weighted by Gasteiger charge is 2.31. The van der Waals surface area contributed by atoms with E-state index in [1.807, 2.05) is 0 Å². The lowest BCUT2D eigenvalue weighted by Crippen LogP contribution is -2.30. The van der Waals surface area contributed by atoms with Crippen molar-refractivity contribution in [3.63, 3.8) is 0 Å². The number of carbonyl (C=O) groups is 2. The zero-order chi connectivity index (χ0) is 14.0. The maximum Gasteiger partial charge on any atom is 0.273 e. The smallest absolute Gasteiger partial charge is 0.273 e. The molecule has 8 nitrogen and oxygen atoms in total. The van der Waals surface area contributed by atoms with Gasteiger partial charge in [0.25, 0.3) is 5.69 Å². The molecule has 1 aliphatic rings. The molecule has 1 heterocycles. The third-order valence-electron chi connectivity index (χ3n) is 2.69. The van der Waals surface area contributed by atoms with Crippen LogP contribution in [-0.4, -0.2) is 29.9 Å². The summed E-state index contributed by atoms with van der Waals surface area (Å²) in [6.07, 6.45) is 0.0268. The number of hydrogen-bond acceptors (Lipinski definition) is 6. The molecule has 0 saturated carbocycles. The molecule has 0 spiro atoms. The fourth-order valence-corrected chi connectivity index (χ4v) is 1.77. The number of nitro groups is 1. The third-order valence-corrected chi connectivity index (χ3v) is 2.69. The number of nitro benzene ring substituents is 1. The predicted octanol–water partition coefficient (Wildman–Crippen LogP) is 0.430. The number of anilines is 1. The van der Waals surface area contributed by atoms with Crippen LogP contribution in [0.15, 0.2) is 18.2 Å². The zero-order valence-corrected chi connectivity index (χ0v) is 10.0. The number of nitrogens with one attached hydrogen (secondary N) is 2. The van der Waals surface area contributed by atoms with Gasteiger partial charge in [-0.25, -0.2) is 0 Å². The van der Waals surface area contributed by atoms with Crippen LogP contribution >= 0.6 is 0 Å². The van der Waals surface area contributed by atoms with Gasteiger partial charge in [0.15, 0.2) is 0 Å². The topological polar surface area (TPSA) is 111 Å². The SMILES string of the molecule is COc1cc([N+](=O)[O-])ccc1NC1CC(=O)NC1=O. The average Bonchev–Trinajstić information content (AvgIpc) is 2.68. The van der Waals surface area contributed by atoms with Gasteiger partial charge in [0, 0.05) is 6.07 Å². The summed E-state index contributed by atoms with van der Waals surface area (Å²) in [6, 6.07) is 3.28. The monoisotopic (exact) mass is 265 g/mol. The second-order valence-corrected chi connectivity index (χ2v) is 3.96. The van der Waals surface area contributed by atoms with Crippen LogP contribution in [0.3, 0.4) is 0 Å². The molecule has 2 N–H and O–H groups in total. The standard InChI is InChI=1S/C11H11N3O5/c1-19-9-4-6(14(17)18)2-3-7(9)12-8-5-10(15)13-11(8)16/h2-4,8,12H,5H2,1H3,(H,13,15,16). The minimum absolute atomic E-state index is 0.0268. The Bertz CT molecular complexity index is 557. The van der Waals surface area contributed by atoms with Crippen LogP contribution in [0.5, 0.6) is 5.75 Å². The first-order valence-corrected chi connectivity index (χ1v) is 5.44. The Hall–Kier alpha value is -2.64. The van der Waals surface area contributed by atoms with Crippen LogP contribution in [-0.2, 0) is 9.59 Å². The summed E-state index contributed by atoms with van der Waals surface area (Å²) >= 11 is 0. The molecular weight excluding hydrogens is 254 g/mol. The Morgan fingerprint density at radius 3 is 2.74 bits per heavy atom. The molecule has 0 bridgehead atoms. The number of imide groups is 1. The fourth-order valence-electron chi connectivity index (χ4n) is 1.77. The largest absolute Gasteiger partial charge is 0.494 e. The average molecular weight is 265 g/mol. The molecule has 2 rings (SSSR count). The van der Waals surface area contributed by atoms with Crippen molar-refractivity contribution in [3.8, 4) is 5.75 Å². The van der Waals surface area contributed by atoms with Crippen molar-refractivity contribution < 1.29 is 19.2 Å². The Balaban J connectivity index is 2.23. The van der Waals surface area contributed by atoms with Gasteiger partial charge in [-0.05, 0) is 6.07 Å². The fraction of sp³-hybridized carbons (Fsp3) is 0.273. The van der Waals surface area contributed by atoms with Crippen molar-refractivity contribution in [2.24, 2.45) is 0 Å². The molecule has 1 atom stereocenters. The van der Waals surface area contributed by atoms with Gasteiger partial charge < -0.3 is 10.1 Å². The highest BCUT2D eigenvalue weighted by atomic mass is 16.6. The highest BCUT2D eigenvalue weighted by molar-refractivity contribution is 6.06. The normalized spacial score (nSPS) is 18.1. The third kappa shape index (κ3) is 2.62. The van der Waals surface area contributed by atoms with Crippen molar-refractivity contribution in [3.05, 3.63) is 28.3 Å². The van der Waals surface area contributed by atoms with E-state index in [4.69, 9.17) is 4.74 Å². The number of non-ortho nitro benzene ring substituents is 1. The van der Waals surface area contributed by atoms with Gasteiger partial charge in [0.1, 0.15) is 11.8 Å². The number of hydrogen-bond donors (Lipinski definition) is 2. The summed E-state index contributed by atoms with van der Waals surface area (Å²) in [6.45, 7) is 0. The lowest BCUT2D eigenvalue weighted by Gasteiger charge is -2.13. The van der Waals surface area contributed by atoms with E-state index in [1.54, 1.807) is 0 Å². The molecule has 1 fully saturated rings. The summed E-state index contributed by atoms with van der Waals surface area (Å²) in [5.41, 5.74) is 0.303. The summed E-state index contributed by atoms with van der Waals surface area (Å²) < 4.78 is 5.02. The Labute approximate surface area is 107 Å².